The van der Waals surface area contributed by atoms with Crippen LogP contribution in [0.3, 0.4) is 0 Å². The molecule has 0 aliphatic heterocycles. The topological polar surface area (TPSA) is 83.5 Å². The molecule has 1 unspecified atom stereocenters. The number of rotatable bonds is 10. The van der Waals surface area contributed by atoms with Crippen molar-refractivity contribution in [3.63, 3.8) is 0 Å². The fourth-order valence-electron chi connectivity index (χ4n) is 3.07. The zero-order chi connectivity index (χ0) is 15.7. The summed E-state index contributed by atoms with van der Waals surface area (Å²) in [5.74, 6) is -0.487. The first kappa shape index (κ1) is 18.4. The van der Waals surface area contributed by atoms with Crippen molar-refractivity contribution in [3.05, 3.63) is 0 Å². The summed E-state index contributed by atoms with van der Waals surface area (Å²) in [5.41, 5.74) is 0. The zero-order valence-corrected chi connectivity index (χ0v) is 13.8. The predicted molar refractivity (Wildman–Crippen MR) is 83.7 cm³/mol. The molecule has 1 aliphatic rings. The number of carboxylic acid groups (broad SMARTS) is 1. The number of sulfonamides is 1. The zero-order valence-electron chi connectivity index (χ0n) is 13.0. The minimum atomic E-state index is -3.19. The molecular weight excluding hydrogens is 290 g/mol. The van der Waals surface area contributed by atoms with Crippen LogP contribution in [0.4, 0.5) is 0 Å². The maximum Gasteiger partial charge on any atom is 0.303 e. The number of carboxylic acids is 1. The molecule has 2 N–H and O–H groups in total. The maximum atomic E-state index is 12.2. The Morgan fingerprint density at radius 2 is 1.86 bits per heavy atom. The smallest absolute Gasteiger partial charge is 0.303 e. The summed E-state index contributed by atoms with van der Waals surface area (Å²) in [6.07, 6.45) is 8.17. The average molecular weight is 319 g/mol. The van der Waals surface area contributed by atoms with Gasteiger partial charge in [0.2, 0.25) is 10.0 Å². The van der Waals surface area contributed by atoms with Crippen molar-refractivity contribution in [2.75, 3.05) is 6.54 Å². The molecule has 6 heteroatoms. The average Bonchev–Trinajstić information content (AvgIpc) is 2.45. The Labute approximate surface area is 128 Å². The van der Waals surface area contributed by atoms with Crippen LogP contribution >= 0.6 is 0 Å². The predicted octanol–water partition coefficient (Wildman–Crippen LogP) is 2.91. The second kappa shape index (κ2) is 9.41. The lowest BCUT2D eigenvalue weighted by atomic mass is 9.95. The molecule has 0 bridgehead atoms. The van der Waals surface area contributed by atoms with Crippen molar-refractivity contribution in [3.8, 4) is 0 Å². The molecule has 5 nitrogen and oxygen atoms in total. The Balaban J connectivity index is 2.35. The van der Waals surface area contributed by atoms with Gasteiger partial charge in [0.1, 0.15) is 0 Å². The first-order chi connectivity index (χ1) is 9.95. The Morgan fingerprint density at radius 1 is 1.19 bits per heavy atom. The van der Waals surface area contributed by atoms with Crippen LogP contribution < -0.4 is 4.72 Å². The van der Waals surface area contributed by atoms with E-state index in [-0.39, 0.29) is 11.7 Å². The van der Waals surface area contributed by atoms with E-state index in [2.05, 4.69) is 11.6 Å². The van der Waals surface area contributed by atoms with Crippen molar-refractivity contribution in [1.29, 1.82) is 0 Å². The van der Waals surface area contributed by atoms with E-state index in [1.165, 1.54) is 0 Å². The summed E-state index contributed by atoms with van der Waals surface area (Å²) in [4.78, 5) is 10.6. The molecule has 1 saturated carbocycles. The standard InChI is InChI=1S/C15H29NO4S/c1-2-6-13(9-10-15(17)18)11-12-16-21(19,20)14-7-4-3-5-8-14/h13-14,16H,2-12H2,1H3,(H,17,18). The van der Waals surface area contributed by atoms with Crippen molar-refractivity contribution in [1.82, 2.24) is 4.72 Å². The van der Waals surface area contributed by atoms with E-state index >= 15 is 0 Å². The summed E-state index contributed by atoms with van der Waals surface area (Å²) >= 11 is 0. The highest BCUT2D eigenvalue weighted by Crippen LogP contribution is 2.23. The molecule has 21 heavy (non-hydrogen) atoms. The molecule has 1 fully saturated rings. The van der Waals surface area contributed by atoms with Gasteiger partial charge in [-0.1, -0.05) is 39.0 Å². The second-order valence-corrected chi connectivity index (χ2v) is 8.12. The van der Waals surface area contributed by atoms with E-state index < -0.39 is 16.0 Å². The van der Waals surface area contributed by atoms with Gasteiger partial charge in [-0.25, -0.2) is 13.1 Å². The third kappa shape index (κ3) is 7.27. The van der Waals surface area contributed by atoms with Crippen molar-refractivity contribution in [2.24, 2.45) is 5.92 Å². The van der Waals surface area contributed by atoms with Crippen molar-refractivity contribution < 1.29 is 18.3 Å². The molecular formula is C15H29NO4S. The summed E-state index contributed by atoms with van der Waals surface area (Å²) < 4.78 is 27.1. The molecule has 0 heterocycles. The van der Waals surface area contributed by atoms with E-state index in [0.717, 1.165) is 51.4 Å². The number of aliphatic carboxylic acids is 1. The highest BCUT2D eigenvalue weighted by Gasteiger charge is 2.26. The molecule has 0 saturated heterocycles. The van der Waals surface area contributed by atoms with Gasteiger partial charge in [0.25, 0.3) is 0 Å². The van der Waals surface area contributed by atoms with Gasteiger partial charge in [0.05, 0.1) is 5.25 Å². The maximum absolute atomic E-state index is 12.2. The third-order valence-corrected chi connectivity index (χ3v) is 6.27. The van der Waals surface area contributed by atoms with Gasteiger partial charge in [-0.05, 0) is 31.6 Å². The van der Waals surface area contributed by atoms with Crippen LogP contribution in [-0.4, -0.2) is 31.3 Å². The fourth-order valence-corrected chi connectivity index (χ4v) is 4.66. The third-order valence-electron chi connectivity index (χ3n) is 4.31. The molecule has 1 aliphatic carbocycles. The van der Waals surface area contributed by atoms with Crippen LogP contribution in [0.15, 0.2) is 0 Å². The monoisotopic (exact) mass is 319 g/mol. The molecule has 0 aromatic carbocycles. The summed E-state index contributed by atoms with van der Waals surface area (Å²) in [6.45, 7) is 2.50. The van der Waals surface area contributed by atoms with Gasteiger partial charge in [0, 0.05) is 13.0 Å². The number of hydrogen-bond donors (Lipinski definition) is 2. The number of nitrogens with one attached hydrogen (secondary N) is 1. The lowest BCUT2D eigenvalue weighted by Gasteiger charge is -2.23. The van der Waals surface area contributed by atoms with Crippen LogP contribution in [0.25, 0.3) is 0 Å². The van der Waals surface area contributed by atoms with Crippen LogP contribution in [0.2, 0.25) is 0 Å². The lowest BCUT2D eigenvalue weighted by Crippen LogP contribution is -2.36. The van der Waals surface area contributed by atoms with E-state index in [1.807, 2.05) is 0 Å². The molecule has 0 amide bonds. The summed E-state index contributed by atoms with van der Waals surface area (Å²) in [5, 5.41) is 8.52. The first-order valence-corrected chi connectivity index (χ1v) is 9.70. The van der Waals surface area contributed by atoms with Crippen molar-refractivity contribution >= 4 is 16.0 Å². The molecule has 124 valence electrons. The van der Waals surface area contributed by atoms with Crippen LogP contribution in [0.5, 0.6) is 0 Å². The molecule has 0 aromatic rings. The van der Waals surface area contributed by atoms with Crippen LogP contribution in [-0.2, 0) is 14.8 Å². The van der Waals surface area contributed by atoms with Gasteiger partial charge in [0.15, 0.2) is 0 Å². The Bertz CT molecular complexity index is 402. The SMILES string of the molecule is CCCC(CCNS(=O)(=O)C1CCCCC1)CCC(=O)O. The molecule has 0 radical (unpaired) electrons. The highest BCUT2D eigenvalue weighted by atomic mass is 32.2. The quantitative estimate of drug-likeness (QED) is 0.648. The molecule has 0 aromatic heterocycles. The molecule has 1 rings (SSSR count). The van der Waals surface area contributed by atoms with E-state index in [9.17, 15) is 13.2 Å². The minimum absolute atomic E-state index is 0.167. The summed E-state index contributed by atoms with van der Waals surface area (Å²) in [6, 6.07) is 0. The van der Waals surface area contributed by atoms with Crippen molar-refractivity contribution in [2.45, 2.75) is 76.4 Å². The van der Waals surface area contributed by atoms with Gasteiger partial charge < -0.3 is 5.11 Å². The largest absolute Gasteiger partial charge is 0.481 e. The van der Waals surface area contributed by atoms with Crippen LogP contribution in [0.1, 0.15) is 71.1 Å². The number of hydrogen-bond acceptors (Lipinski definition) is 3. The van der Waals surface area contributed by atoms with Gasteiger partial charge in [-0.15, -0.1) is 0 Å². The Kier molecular flexibility index (Phi) is 8.26. The highest BCUT2D eigenvalue weighted by molar-refractivity contribution is 7.90. The normalized spacial score (nSPS) is 18.5. The molecule has 1 atom stereocenters. The molecule has 0 spiro atoms. The minimum Gasteiger partial charge on any atom is -0.481 e. The van der Waals surface area contributed by atoms with Gasteiger partial charge in [-0.3, -0.25) is 4.79 Å². The van der Waals surface area contributed by atoms with E-state index in [1.54, 1.807) is 0 Å². The fraction of sp³-hybridized carbons (Fsp3) is 0.933. The first-order valence-electron chi connectivity index (χ1n) is 8.16. The van der Waals surface area contributed by atoms with E-state index in [4.69, 9.17) is 5.11 Å². The second-order valence-electron chi connectivity index (χ2n) is 6.08. The van der Waals surface area contributed by atoms with Gasteiger partial charge in [-0.2, -0.15) is 0 Å². The van der Waals surface area contributed by atoms with E-state index in [0.29, 0.717) is 18.9 Å². The Hall–Kier alpha value is -0.620. The lowest BCUT2D eigenvalue weighted by molar-refractivity contribution is -0.137. The van der Waals surface area contributed by atoms with Gasteiger partial charge >= 0.3 is 5.97 Å². The summed E-state index contributed by atoms with van der Waals surface area (Å²) in [7, 11) is -3.19. The van der Waals surface area contributed by atoms with Crippen LogP contribution in [0, 0.1) is 5.92 Å². The number of carbonyl (C=O) groups is 1. The Morgan fingerprint density at radius 3 is 2.43 bits per heavy atom.